The zero-order valence-corrected chi connectivity index (χ0v) is 13.8. The van der Waals surface area contributed by atoms with E-state index in [-0.39, 0.29) is 24.5 Å². The Hall–Kier alpha value is -2.69. The van der Waals surface area contributed by atoms with Gasteiger partial charge in [0, 0.05) is 6.04 Å². The molecule has 0 spiro atoms. The smallest absolute Gasteiger partial charge is 0.335 e. The highest BCUT2D eigenvalue weighted by Gasteiger charge is 2.45. The number of sulfone groups is 1. The van der Waals surface area contributed by atoms with Crippen molar-refractivity contribution < 1.29 is 32.0 Å². The van der Waals surface area contributed by atoms with Crippen LogP contribution in [-0.4, -0.2) is 66.1 Å². The van der Waals surface area contributed by atoms with Gasteiger partial charge in [-0.05, 0) is 18.6 Å². The fourth-order valence-electron chi connectivity index (χ4n) is 2.71. The van der Waals surface area contributed by atoms with E-state index in [1.165, 1.54) is 6.26 Å². The van der Waals surface area contributed by atoms with Gasteiger partial charge >= 0.3 is 17.8 Å². The summed E-state index contributed by atoms with van der Waals surface area (Å²) in [6.07, 6.45) is 1.64. The molecule has 11 heteroatoms. The van der Waals surface area contributed by atoms with E-state index in [0.29, 0.717) is 15.6 Å². The van der Waals surface area contributed by atoms with Gasteiger partial charge in [0.05, 0.1) is 24.3 Å². The lowest BCUT2D eigenvalue weighted by Crippen LogP contribution is -2.45. The van der Waals surface area contributed by atoms with E-state index in [1.807, 2.05) is 0 Å². The minimum absolute atomic E-state index is 0.0189. The lowest BCUT2D eigenvalue weighted by atomic mass is 10.2. The molecule has 0 unspecified atom stereocenters. The number of imide groups is 2. The topological polar surface area (TPSA) is 134 Å². The van der Waals surface area contributed by atoms with Crippen molar-refractivity contribution in [3.8, 4) is 0 Å². The Morgan fingerprint density at radius 3 is 2.56 bits per heavy atom. The first kappa shape index (κ1) is 17.1. The predicted octanol–water partition coefficient (Wildman–Crippen LogP) is -1.13. The Kier molecular flexibility index (Phi) is 4.33. The van der Waals surface area contributed by atoms with Crippen LogP contribution in [0.2, 0.25) is 0 Å². The number of rotatable bonds is 5. The molecule has 0 aromatic carbocycles. The Balaban J connectivity index is 1.62. The third kappa shape index (κ3) is 3.55. The normalized spacial score (nSPS) is 22.7. The molecule has 1 atom stereocenters. The molecule has 25 heavy (non-hydrogen) atoms. The monoisotopic (exact) mass is 369 g/mol. The number of amides is 5. The first-order valence-corrected chi connectivity index (χ1v) is 9.28. The van der Waals surface area contributed by atoms with Crippen LogP contribution in [0.1, 0.15) is 12.2 Å². The Labute approximate surface area is 142 Å². The molecule has 1 aromatic heterocycles. The van der Waals surface area contributed by atoms with E-state index < -0.39 is 46.2 Å². The van der Waals surface area contributed by atoms with Crippen LogP contribution in [-0.2, 0) is 30.8 Å². The molecule has 1 aromatic rings. The Bertz CT molecular complexity index is 831. The zero-order chi connectivity index (χ0) is 18.2. The highest BCUT2D eigenvalue weighted by Crippen LogP contribution is 2.16. The summed E-state index contributed by atoms with van der Waals surface area (Å²) in [6, 6.07) is 1.64. The highest BCUT2D eigenvalue weighted by atomic mass is 32.2. The van der Waals surface area contributed by atoms with E-state index in [9.17, 15) is 27.6 Å². The van der Waals surface area contributed by atoms with Crippen LogP contribution in [0, 0.1) is 0 Å². The largest absolute Gasteiger partial charge is 0.467 e. The molecule has 3 heterocycles. The third-order valence-electron chi connectivity index (χ3n) is 3.93. The van der Waals surface area contributed by atoms with Gasteiger partial charge in [0.2, 0.25) is 5.91 Å². The minimum Gasteiger partial charge on any atom is -0.467 e. The van der Waals surface area contributed by atoms with Crippen LogP contribution >= 0.6 is 0 Å². The number of hydrogen-bond acceptors (Lipinski definition) is 7. The summed E-state index contributed by atoms with van der Waals surface area (Å²) in [6.45, 7) is -0.857. The van der Waals surface area contributed by atoms with Crippen LogP contribution in [0.3, 0.4) is 0 Å². The molecule has 0 aliphatic carbocycles. The van der Waals surface area contributed by atoms with Gasteiger partial charge in [0.15, 0.2) is 9.84 Å². The minimum atomic E-state index is -3.17. The second kappa shape index (κ2) is 6.31. The number of nitrogens with one attached hydrogen (secondary N) is 1. The SMILES string of the molecule is O=C(CN1C(=O)C(=O)N(Cc2ccco2)C1=O)N[C@H]1CCS(=O)(=O)C1. The van der Waals surface area contributed by atoms with Crippen LogP contribution in [0.5, 0.6) is 0 Å². The van der Waals surface area contributed by atoms with Gasteiger partial charge in [-0.25, -0.2) is 23.0 Å². The summed E-state index contributed by atoms with van der Waals surface area (Å²) < 4.78 is 27.8. The fourth-order valence-corrected chi connectivity index (χ4v) is 4.39. The van der Waals surface area contributed by atoms with Crippen molar-refractivity contribution in [3.05, 3.63) is 24.2 Å². The van der Waals surface area contributed by atoms with Crippen molar-refractivity contribution in [1.82, 2.24) is 15.1 Å². The molecule has 2 aliphatic rings. The van der Waals surface area contributed by atoms with E-state index in [1.54, 1.807) is 12.1 Å². The Morgan fingerprint density at radius 2 is 1.96 bits per heavy atom. The van der Waals surface area contributed by atoms with Gasteiger partial charge in [-0.15, -0.1) is 0 Å². The van der Waals surface area contributed by atoms with Crippen molar-refractivity contribution in [3.63, 3.8) is 0 Å². The average molecular weight is 369 g/mol. The van der Waals surface area contributed by atoms with Gasteiger partial charge in [-0.1, -0.05) is 0 Å². The number of urea groups is 1. The summed E-state index contributed by atoms with van der Waals surface area (Å²) in [5.41, 5.74) is 0. The standard InChI is InChI=1S/C14H15N3O7S/c18-11(15-9-3-5-25(22,23)8-9)7-17-13(20)12(19)16(14(17)21)6-10-2-1-4-24-10/h1-2,4,9H,3,5-8H2,(H,15,18)/t9-/m0/s1. The van der Waals surface area contributed by atoms with Gasteiger partial charge < -0.3 is 9.73 Å². The van der Waals surface area contributed by atoms with E-state index >= 15 is 0 Å². The number of carbonyl (C=O) groups is 4. The molecule has 2 aliphatic heterocycles. The molecule has 134 valence electrons. The van der Waals surface area contributed by atoms with Crippen molar-refractivity contribution in [2.24, 2.45) is 0 Å². The summed E-state index contributed by atoms with van der Waals surface area (Å²) in [5.74, 6) is -2.73. The lowest BCUT2D eigenvalue weighted by Gasteiger charge is -2.16. The van der Waals surface area contributed by atoms with E-state index in [0.717, 1.165) is 0 Å². The van der Waals surface area contributed by atoms with Gasteiger partial charge in [-0.3, -0.25) is 14.4 Å². The van der Waals surface area contributed by atoms with Crippen molar-refractivity contribution in [2.45, 2.75) is 19.0 Å². The molecule has 0 saturated carbocycles. The van der Waals surface area contributed by atoms with Gasteiger partial charge in [0.1, 0.15) is 12.3 Å². The lowest BCUT2D eigenvalue weighted by molar-refractivity contribution is -0.144. The average Bonchev–Trinajstić information content (AvgIpc) is 3.21. The molecular formula is C14H15N3O7S. The molecule has 0 bridgehead atoms. The summed E-state index contributed by atoms with van der Waals surface area (Å²) >= 11 is 0. The zero-order valence-electron chi connectivity index (χ0n) is 13.0. The molecular weight excluding hydrogens is 354 g/mol. The molecule has 3 rings (SSSR count). The summed E-state index contributed by atoms with van der Waals surface area (Å²) in [7, 11) is -3.17. The van der Waals surface area contributed by atoms with Gasteiger partial charge in [0.25, 0.3) is 0 Å². The first-order chi connectivity index (χ1) is 11.8. The molecule has 10 nitrogen and oxygen atoms in total. The second-order valence-electron chi connectivity index (χ2n) is 5.81. The summed E-state index contributed by atoms with van der Waals surface area (Å²) in [4.78, 5) is 49.3. The predicted molar refractivity (Wildman–Crippen MR) is 81.6 cm³/mol. The molecule has 2 fully saturated rings. The van der Waals surface area contributed by atoms with Crippen molar-refractivity contribution in [2.75, 3.05) is 18.1 Å². The number of carbonyl (C=O) groups excluding carboxylic acids is 4. The molecule has 1 N–H and O–H groups in total. The van der Waals surface area contributed by atoms with Crippen LogP contribution in [0.4, 0.5) is 4.79 Å². The Morgan fingerprint density at radius 1 is 1.24 bits per heavy atom. The molecule has 0 radical (unpaired) electrons. The van der Waals surface area contributed by atoms with Crippen LogP contribution in [0.15, 0.2) is 22.8 Å². The number of furan rings is 1. The van der Waals surface area contributed by atoms with Crippen molar-refractivity contribution >= 4 is 33.6 Å². The molecule has 2 saturated heterocycles. The van der Waals surface area contributed by atoms with Gasteiger partial charge in [-0.2, -0.15) is 0 Å². The van der Waals surface area contributed by atoms with E-state index in [2.05, 4.69) is 5.32 Å². The van der Waals surface area contributed by atoms with Crippen LogP contribution in [0.25, 0.3) is 0 Å². The van der Waals surface area contributed by atoms with E-state index in [4.69, 9.17) is 4.42 Å². The third-order valence-corrected chi connectivity index (χ3v) is 5.70. The van der Waals surface area contributed by atoms with Crippen molar-refractivity contribution in [1.29, 1.82) is 0 Å². The van der Waals surface area contributed by atoms with Crippen LogP contribution < -0.4 is 5.32 Å². The second-order valence-corrected chi connectivity index (χ2v) is 8.04. The maximum absolute atomic E-state index is 12.2. The number of hydrogen-bond donors (Lipinski definition) is 1. The maximum atomic E-state index is 12.2. The maximum Gasteiger partial charge on any atom is 0.335 e. The highest BCUT2D eigenvalue weighted by molar-refractivity contribution is 7.91. The summed E-state index contributed by atoms with van der Waals surface area (Å²) in [5, 5.41) is 2.47. The fraction of sp³-hybridized carbons (Fsp3) is 0.429. The molecule has 5 amide bonds. The number of nitrogens with zero attached hydrogens (tertiary/aromatic N) is 2. The first-order valence-electron chi connectivity index (χ1n) is 7.46. The quantitative estimate of drug-likeness (QED) is 0.513.